The molecule has 1 saturated heterocycles. The summed E-state index contributed by atoms with van der Waals surface area (Å²) in [6, 6.07) is 4.03. The monoisotopic (exact) mass is 347 g/mol. The first-order valence-electron chi connectivity index (χ1n) is 7.52. The second kappa shape index (κ2) is 6.52. The van der Waals surface area contributed by atoms with Crippen LogP contribution in [-0.2, 0) is 11.3 Å². The second-order valence-corrected chi connectivity index (χ2v) is 7.38. The van der Waals surface area contributed by atoms with E-state index in [0.717, 1.165) is 47.5 Å². The zero-order valence-electron chi connectivity index (χ0n) is 12.8. The van der Waals surface area contributed by atoms with Gasteiger partial charge in [0.1, 0.15) is 17.4 Å². The molecule has 3 aromatic heterocycles. The van der Waals surface area contributed by atoms with Crippen molar-refractivity contribution in [2.45, 2.75) is 19.6 Å². The minimum atomic E-state index is 0.0612. The molecule has 0 spiro atoms. The number of rotatable bonds is 4. The van der Waals surface area contributed by atoms with Crippen molar-refractivity contribution in [1.82, 2.24) is 14.9 Å². The number of aromatic nitrogens is 2. The van der Waals surface area contributed by atoms with Crippen LogP contribution in [0, 0.1) is 6.92 Å². The maximum atomic E-state index is 5.87. The molecule has 7 heteroatoms. The van der Waals surface area contributed by atoms with Gasteiger partial charge in [0.2, 0.25) is 5.89 Å². The third-order valence-electron chi connectivity index (χ3n) is 3.73. The molecule has 1 fully saturated rings. The molecule has 3 aromatic rings. The quantitative estimate of drug-likeness (QED) is 0.719. The summed E-state index contributed by atoms with van der Waals surface area (Å²) in [7, 11) is 0. The third kappa shape index (κ3) is 3.37. The normalized spacial score (nSPS) is 19.3. The zero-order chi connectivity index (χ0) is 15.6. The molecule has 23 heavy (non-hydrogen) atoms. The summed E-state index contributed by atoms with van der Waals surface area (Å²) in [4.78, 5) is 12.6. The Bertz CT molecular complexity index is 766. The molecule has 0 saturated carbocycles. The van der Waals surface area contributed by atoms with Crippen LogP contribution < -0.4 is 0 Å². The number of thiophene rings is 1. The summed E-state index contributed by atoms with van der Waals surface area (Å²) in [5.41, 5.74) is 2.02. The summed E-state index contributed by atoms with van der Waals surface area (Å²) in [6.45, 7) is 5.26. The van der Waals surface area contributed by atoms with Gasteiger partial charge in [0.15, 0.2) is 0 Å². The summed E-state index contributed by atoms with van der Waals surface area (Å²) < 4.78 is 11.5. The van der Waals surface area contributed by atoms with Crippen LogP contribution >= 0.6 is 22.7 Å². The first kappa shape index (κ1) is 15.0. The van der Waals surface area contributed by atoms with Crippen LogP contribution in [0.15, 0.2) is 33.6 Å². The third-order valence-corrected chi connectivity index (χ3v) is 5.64. The van der Waals surface area contributed by atoms with E-state index in [1.165, 1.54) is 0 Å². The fourth-order valence-electron chi connectivity index (χ4n) is 2.64. The molecular formula is C16H17N3O2S2. The van der Waals surface area contributed by atoms with Crippen molar-refractivity contribution in [2.75, 3.05) is 19.7 Å². The van der Waals surface area contributed by atoms with Gasteiger partial charge in [0.05, 0.1) is 17.2 Å². The van der Waals surface area contributed by atoms with E-state index in [1.54, 1.807) is 28.9 Å². The first-order valence-corrected chi connectivity index (χ1v) is 9.28. The molecular weight excluding hydrogens is 330 g/mol. The highest BCUT2D eigenvalue weighted by atomic mass is 32.1. The predicted octanol–water partition coefficient (Wildman–Crippen LogP) is 3.74. The van der Waals surface area contributed by atoms with E-state index < -0.39 is 0 Å². The molecule has 0 N–H and O–H groups in total. The van der Waals surface area contributed by atoms with E-state index in [9.17, 15) is 0 Å². The summed E-state index contributed by atoms with van der Waals surface area (Å²) in [6.07, 6.45) is 1.82. The SMILES string of the molecule is Cc1csc(C2CN(Cc3coc(-c4cccs4)n3)CCO2)n1. The highest BCUT2D eigenvalue weighted by molar-refractivity contribution is 7.13. The highest BCUT2D eigenvalue weighted by Gasteiger charge is 2.25. The van der Waals surface area contributed by atoms with Gasteiger partial charge in [-0.3, -0.25) is 4.90 Å². The molecule has 0 amide bonds. The van der Waals surface area contributed by atoms with Gasteiger partial charge in [-0.05, 0) is 18.4 Å². The van der Waals surface area contributed by atoms with Gasteiger partial charge in [0.25, 0.3) is 0 Å². The predicted molar refractivity (Wildman–Crippen MR) is 90.6 cm³/mol. The van der Waals surface area contributed by atoms with Gasteiger partial charge in [-0.15, -0.1) is 22.7 Å². The van der Waals surface area contributed by atoms with Crippen molar-refractivity contribution in [3.8, 4) is 10.8 Å². The lowest BCUT2D eigenvalue weighted by Crippen LogP contribution is -2.37. The van der Waals surface area contributed by atoms with Crippen LogP contribution in [0.2, 0.25) is 0 Å². The van der Waals surface area contributed by atoms with E-state index in [1.807, 2.05) is 24.4 Å². The van der Waals surface area contributed by atoms with Crippen molar-refractivity contribution >= 4 is 22.7 Å². The van der Waals surface area contributed by atoms with Crippen LogP contribution in [0.5, 0.6) is 0 Å². The van der Waals surface area contributed by atoms with Crippen LogP contribution in [0.3, 0.4) is 0 Å². The lowest BCUT2D eigenvalue weighted by atomic mass is 10.2. The highest BCUT2D eigenvalue weighted by Crippen LogP contribution is 2.27. The van der Waals surface area contributed by atoms with Gasteiger partial charge < -0.3 is 9.15 Å². The Kier molecular flexibility index (Phi) is 4.26. The molecule has 5 nitrogen and oxygen atoms in total. The Morgan fingerprint density at radius 1 is 1.35 bits per heavy atom. The van der Waals surface area contributed by atoms with Gasteiger partial charge in [-0.1, -0.05) is 6.07 Å². The number of thiazole rings is 1. The Labute approximate surface area is 142 Å². The second-order valence-electron chi connectivity index (χ2n) is 5.54. The van der Waals surface area contributed by atoms with Gasteiger partial charge >= 0.3 is 0 Å². The van der Waals surface area contributed by atoms with Crippen molar-refractivity contribution in [1.29, 1.82) is 0 Å². The van der Waals surface area contributed by atoms with Gasteiger partial charge in [-0.2, -0.15) is 0 Å². The van der Waals surface area contributed by atoms with Crippen molar-refractivity contribution in [2.24, 2.45) is 0 Å². The fraction of sp³-hybridized carbons (Fsp3) is 0.375. The molecule has 4 rings (SSSR count). The molecule has 1 atom stereocenters. The number of aryl methyl sites for hydroxylation is 1. The Balaban J connectivity index is 1.42. The topological polar surface area (TPSA) is 51.4 Å². The smallest absolute Gasteiger partial charge is 0.236 e. The molecule has 0 aromatic carbocycles. The zero-order valence-corrected chi connectivity index (χ0v) is 14.4. The number of nitrogens with zero attached hydrogens (tertiary/aromatic N) is 3. The van der Waals surface area contributed by atoms with Crippen LogP contribution in [0.25, 0.3) is 10.8 Å². The lowest BCUT2D eigenvalue weighted by molar-refractivity contribution is -0.0334. The molecule has 1 aliphatic rings. The van der Waals surface area contributed by atoms with Crippen LogP contribution in [0.4, 0.5) is 0 Å². The van der Waals surface area contributed by atoms with Gasteiger partial charge in [0, 0.05) is 30.7 Å². The molecule has 1 aliphatic heterocycles. The van der Waals surface area contributed by atoms with Crippen molar-refractivity contribution in [3.05, 3.63) is 45.6 Å². The van der Waals surface area contributed by atoms with Crippen molar-refractivity contribution in [3.63, 3.8) is 0 Å². The standard InChI is InChI=1S/C16H17N3O2S2/c1-11-10-23-16(17-11)13-8-19(4-5-20-13)7-12-9-21-15(18-12)14-3-2-6-22-14/h2-3,6,9-10,13H,4-5,7-8H2,1H3. The largest absolute Gasteiger partial charge is 0.444 e. The van der Waals surface area contributed by atoms with E-state index in [4.69, 9.17) is 9.15 Å². The van der Waals surface area contributed by atoms with E-state index >= 15 is 0 Å². The molecule has 120 valence electrons. The molecule has 0 radical (unpaired) electrons. The Morgan fingerprint density at radius 2 is 2.30 bits per heavy atom. The van der Waals surface area contributed by atoms with Crippen LogP contribution in [0.1, 0.15) is 22.5 Å². The van der Waals surface area contributed by atoms with E-state index in [0.29, 0.717) is 5.89 Å². The summed E-state index contributed by atoms with van der Waals surface area (Å²) in [5.74, 6) is 0.704. The number of hydrogen-bond acceptors (Lipinski definition) is 7. The number of morpholine rings is 1. The average molecular weight is 347 g/mol. The fourth-order valence-corrected chi connectivity index (χ4v) is 4.13. The average Bonchev–Trinajstić information content (AvgIpc) is 3.28. The number of ether oxygens (including phenoxy) is 1. The Hall–Kier alpha value is -1.54. The molecule has 4 heterocycles. The molecule has 0 bridgehead atoms. The van der Waals surface area contributed by atoms with Crippen molar-refractivity contribution < 1.29 is 9.15 Å². The lowest BCUT2D eigenvalue weighted by Gasteiger charge is -2.31. The maximum Gasteiger partial charge on any atom is 0.236 e. The van der Waals surface area contributed by atoms with Gasteiger partial charge in [-0.25, -0.2) is 9.97 Å². The summed E-state index contributed by atoms with van der Waals surface area (Å²) in [5, 5.41) is 5.16. The molecule has 0 aliphatic carbocycles. The first-order chi connectivity index (χ1) is 11.3. The minimum absolute atomic E-state index is 0.0612. The van der Waals surface area contributed by atoms with Crippen LogP contribution in [-0.4, -0.2) is 34.6 Å². The van der Waals surface area contributed by atoms with E-state index in [-0.39, 0.29) is 6.10 Å². The maximum absolute atomic E-state index is 5.87. The summed E-state index contributed by atoms with van der Waals surface area (Å²) >= 11 is 3.31. The minimum Gasteiger partial charge on any atom is -0.444 e. The number of hydrogen-bond donors (Lipinski definition) is 0. The molecule has 1 unspecified atom stereocenters. The number of oxazole rings is 1. The Morgan fingerprint density at radius 3 is 3.09 bits per heavy atom. The van der Waals surface area contributed by atoms with E-state index in [2.05, 4.69) is 20.2 Å².